The molecule has 2 aliphatic carbocycles. The Labute approximate surface area is 147 Å². The highest BCUT2D eigenvalue weighted by molar-refractivity contribution is 5.86. The lowest BCUT2D eigenvalue weighted by molar-refractivity contribution is -0.150. The molecule has 0 spiro atoms. The van der Waals surface area contributed by atoms with Crippen LogP contribution in [0.2, 0.25) is 0 Å². The van der Waals surface area contributed by atoms with Crippen molar-refractivity contribution >= 4 is 22.8 Å². The Bertz CT molecular complexity index is 773. The number of hydrogen-bond acceptors (Lipinski definition) is 5. The lowest BCUT2D eigenvalue weighted by Crippen LogP contribution is -2.20. The minimum Gasteiger partial charge on any atom is -0.459 e. The fourth-order valence-electron chi connectivity index (χ4n) is 3.92. The number of carbonyl (C=O) groups is 1. The third kappa shape index (κ3) is 3.48. The van der Waals surface area contributed by atoms with E-state index in [0.717, 1.165) is 56.0 Å². The largest absolute Gasteiger partial charge is 0.459 e. The highest BCUT2D eigenvalue weighted by Crippen LogP contribution is 2.40. The Balaban J connectivity index is 1.30. The van der Waals surface area contributed by atoms with Gasteiger partial charge in [0.15, 0.2) is 0 Å². The number of fused-ring (bicyclic) bond motifs is 1. The van der Waals surface area contributed by atoms with E-state index in [-0.39, 0.29) is 11.6 Å². The van der Waals surface area contributed by atoms with E-state index in [9.17, 15) is 4.79 Å². The van der Waals surface area contributed by atoms with Crippen molar-refractivity contribution in [3.8, 4) is 0 Å². The van der Waals surface area contributed by atoms with Crippen molar-refractivity contribution in [3.05, 3.63) is 18.6 Å². The summed E-state index contributed by atoms with van der Waals surface area (Å²) in [6.45, 7) is 2.02. The van der Waals surface area contributed by atoms with Gasteiger partial charge in [0.25, 0.3) is 0 Å². The first-order chi connectivity index (χ1) is 12.0. The Morgan fingerprint density at radius 1 is 1.32 bits per heavy atom. The molecule has 134 valence electrons. The molecular formula is C19H26N4O2. The van der Waals surface area contributed by atoms with E-state index in [2.05, 4.69) is 20.7 Å². The first-order valence-electron chi connectivity index (χ1n) is 9.33. The van der Waals surface area contributed by atoms with Gasteiger partial charge in [-0.1, -0.05) is 0 Å². The van der Waals surface area contributed by atoms with Gasteiger partial charge in [-0.3, -0.25) is 4.79 Å². The number of esters is 1. The molecule has 6 heteroatoms. The number of ether oxygens (including phenoxy) is 1. The third-order valence-corrected chi connectivity index (χ3v) is 5.82. The maximum Gasteiger partial charge on any atom is 0.306 e. The smallest absolute Gasteiger partial charge is 0.306 e. The van der Waals surface area contributed by atoms with Crippen LogP contribution in [0.3, 0.4) is 0 Å². The molecule has 0 amide bonds. The number of rotatable bonds is 5. The molecule has 4 rings (SSSR count). The first kappa shape index (κ1) is 16.4. The van der Waals surface area contributed by atoms with Gasteiger partial charge < -0.3 is 15.0 Å². The van der Waals surface area contributed by atoms with Gasteiger partial charge in [-0.25, -0.2) is 9.97 Å². The van der Waals surface area contributed by atoms with Gasteiger partial charge in [0.05, 0.1) is 5.39 Å². The van der Waals surface area contributed by atoms with Crippen LogP contribution >= 0.6 is 0 Å². The molecule has 2 aromatic rings. The number of carbonyl (C=O) groups excluding carboxylic acids is 1. The molecular weight excluding hydrogens is 316 g/mol. The van der Waals surface area contributed by atoms with Crippen LogP contribution in [0.15, 0.2) is 18.6 Å². The molecule has 25 heavy (non-hydrogen) atoms. The lowest BCUT2D eigenvalue weighted by atomic mass is 9.83. The number of aromatic nitrogens is 3. The first-order valence-corrected chi connectivity index (χ1v) is 9.33. The number of anilines is 1. The zero-order valence-electron chi connectivity index (χ0n) is 14.8. The van der Waals surface area contributed by atoms with Gasteiger partial charge in [-0.05, 0) is 63.9 Å². The van der Waals surface area contributed by atoms with Gasteiger partial charge >= 0.3 is 5.97 Å². The van der Waals surface area contributed by atoms with Gasteiger partial charge in [0.2, 0.25) is 0 Å². The van der Waals surface area contributed by atoms with Crippen LogP contribution in [0.1, 0.15) is 64.3 Å². The summed E-state index contributed by atoms with van der Waals surface area (Å²) in [5.41, 5.74) is 6.71. The predicted molar refractivity (Wildman–Crippen MR) is 95.9 cm³/mol. The molecule has 2 aromatic heterocycles. The van der Waals surface area contributed by atoms with Crippen molar-refractivity contribution in [3.63, 3.8) is 0 Å². The molecule has 0 radical (unpaired) electrons. The Morgan fingerprint density at radius 2 is 2.08 bits per heavy atom. The maximum atomic E-state index is 11.9. The molecule has 0 aliphatic heterocycles. The van der Waals surface area contributed by atoms with Crippen LogP contribution < -0.4 is 5.73 Å². The Morgan fingerprint density at radius 3 is 2.80 bits per heavy atom. The van der Waals surface area contributed by atoms with E-state index in [1.807, 2.05) is 13.0 Å². The topological polar surface area (TPSA) is 83.0 Å². The summed E-state index contributed by atoms with van der Waals surface area (Å²) in [7, 11) is 0. The summed E-state index contributed by atoms with van der Waals surface area (Å²) in [4.78, 5) is 20.4. The van der Waals surface area contributed by atoms with Crippen LogP contribution in [0.25, 0.3) is 11.0 Å². The van der Waals surface area contributed by atoms with Gasteiger partial charge in [0.1, 0.15) is 23.4 Å². The zero-order chi connectivity index (χ0) is 17.4. The van der Waals surface area contributed by atoms with Gasteiger partial charge in [-0.15, -0.1) is 0 Å². The summed E-state index contributed by atoms with van der Waals surface area (Å²) in [5.74, 6) is 1.14. The molecule has 0 unspecified atom stereocenters. The van der Waals surface area contributed by atoms with E-state index in [0.29, 0.717) is 24.2 Å². The van der Waals surface area contributed by atoms with Crippen molar-refractivity contribution in [2.45, 2.75) is 69.9 Å². The summed E-state index contributed by atoms with van der Waals surface area (Å²) in [6, 6.07) is 2.46. The Kier molecular flexibility index (Phi) is 4.13. The van der Waals surface area contributed by atoms with Crippen molar-refractivity contribution < 1.29 is 9.53 Å². The summed E-state index contributed by atoms with van der Waals surface area (Å²) >= 11 is 0. The quantitative estimate of drug-likeness (QED) is 0.839. The number of nitrogen functional groups attached to an aromatic ring is 1. The maximum absolute atomic E-state index is 11.9. The fourth-order valence-corrected chi connectivity index (χ4v) is 3.92. The molecule has 2 saturated carbocycles. The average molecular weight is 342 g/mol. The van der Waals surface area contributed by atoms with E-state index in [1.54, 1.807) is 0 Å². The van der Waals surface area contributed by atoms with Crippen molar-refractivity contribution in [1.29, 1.82) is 0 Å². The molecule has 2 heterocycles. The Hall–Kier alpha value is -2.11. The van der Waals surface area contributed by atoms with Crippen LogP contribution in [0.5, 0.6) is 0 Å². The molecule has 2 N–H and O–H groups in total. The molecule has 2 aliphatic rings. The van der Waals surface area contributed by atoms with E-state index in [4.69, 9.17) is 10.5 Å². The number of nitrogens with zero attached hydrogens (tertiary/aromatic N) is 3. The second-order valence-corrected chi connectivity index (χ2v) is 7.86. The minimum atomic E-state index is -0.145. The molecule has 0 atom stereocenters. The molecule has 0 saturated heterocycles. The van der Waals surface area contributed by atoms with Crippen LogP contribution in [-0.4, -0.2) is 26.1 Å². The van der Waals surface area contributed by atoms with E-state index < -0.39 is 0 Å². The lowest BCUT2D eigenvalue weighted by Gasteiger charge is -2.29. The SMILES string of the molecule is CC1(OC(=O)CCC2CCC(n3ccc4c(N)ncnc43)CC2)CC1. The van der Waals surface area contributed by atoms with E-state index in [1.165, 1.54) is 6.33 Å². The summed E-state index contributed by atoms with van der Waals surface area (Å²) in [5, 5.41) is 0.931. The molecule has 0 aromatic carbocycles. The standard InChI is InChI=1S/C19H26N4O2/c1-19(9-10-19)25-16(24)7-4-13-2-5-14(6-3-13)23-11-8-15-17(20)21-12-22-18(15)23/h8,11-14H,2-7,9-10H2,1H3,(H2,20,21,22). The monoisotopic (exact) mass is 342 g/mol. The average Bonchev–Trinajstić information content (AvgIpc) is 3.16. The highest BCUT2D eigenvalue weighted by atomic mass is 16.6. The number of nitrogens with two attached hydrogens (primary N) is 1. The normalized spacial score (nSPS) is 25.0. The molecule has 6 nitrogen and oxygen atoms in total. The zero-order valence-corrected chi connectivity index (χ0v) is 14.8. The van der Waals surface area contributed by atoms with Crippen LogP contribution in [-0.2, 0) is 9.53 Å². The summed E-state index contributed by atoms with van der Waals surface area (Å²) in [6.07, 6.45) is 11.7. The minimum absolute atomic E-state index is 0.0225. The van der Waals surface area contributed by atoms with Crippen molar-refractivity contribution in [2.24, 2.45) is 5.92 Å². The van der Waals surface area contributed by atoms with Crippen LogP contribution in [0.4, 0.5) is 5.82 Å². The van der Waals surface area contributed by atoms with Gasteiger partial charge in [0, 0.05) is 18.7 Å². The highest BCUT2D eigenvalue weighted by Gasteiger charge is 2.41. The van der Waals surface area contributed by atoms with Crippen molar-refractivity contribution in [1.82, 2.24) is 14.5 Å². The second kappa shape index (κ2) is 6.32. The summed E-state index contributed by atoms with van der Waals surface area (Å²) < 4.78 is 7.75. The van der Waals surface area contributed by atoms with Crippen molar-refractivity contribution in [2.75, 3.05) is 5.73 Å². The van der Waals surface area contributed by atoms with E-state index >= 15 is 0 Å². The third-order valence-electron chi connectivity index (χ3n) is 5.82. The second-order valence-electron chi connectivity index (χ2n) is 7.86. The molecule has 0 bridgehead atoms. The fraction of sp³-hybridized carbons (Fsp3) is 0.632. The van der Waals surface area contributed by atoms with Crippen LogP contribution in [0, 0.1) is 5.92 Å². The van der Waals surface area contributed by atoms with Gasteiger partial charge in [-0.2, -0.15) is 0 Å². The predicted octanol–water partition coefficient (Wildman–Crippen LogP) is 3.62. The number of hydrogen-bond donors (Lipinski definition) is 1. The molecule has 2 fully saturated rings.